The van der Waals surface area contributed by atoms with Gasteiger partial charge in [-0.2, -0.15) is 0 Å². The lowest BCUT2D eigenvalue weighted by Gasteiger charge is -2.20. The van der Waals surface area contributed by atoms with Crippen molar-refractivity contribution in [1.29, 1.82) is 0 Å². The summed E-state index contributed by atoms with van der Waals surface area (Å²) in [5.74, 6) is 3.83. The number of anilines is 1. The molecule has 7 heteroatoms. The van der Waals surface area contributed by atoms with E-state index in [4.69, 9.17) is 18.9 Å². The molecular weight excluding hydrogens is 382 g/mol. The van der Waals surface area contributed by atoms with Gasteiger partial charge in [-0.15, -0.1) is 0 Å². The zero-order valence-corrected chi connectivity index (χ0v) is 17.8. The highest BCUT2D eigenvalue weighted by atomic mass is 16.5. The van der Waals surface area contributed by atoms with Crippen molar-refractivity contribution in [3.8, 4) is 23.0 Å². The summed E-state index contributed by atoms with van der Waals surface area (Å²) in [6.45, 7) is 5.63. The van der Waals surface area contributed by atoms with Crippen molar-refractivity contribution in [2.24, 2.45) is 0 Å². The van der Waals surface area contributed by atoms with Crippen LogP contribution in [0.3, 0.4) is 0 Å². The van der Waals surface area contributed by atoms with Crippen LogP contribution in [0.4, 0.5) is 5.82 Å². The van der Waals surface area contributed by atoms with Crippen molar-refractivity contribution in [1.82, 2.24) is 9.97 Å². The molecule has 0 amide bonds. The van der Waals surface area contributed by atoms with Crippen LogP contribution in [0.2, 0.25) is 0 Å². The lowest BCUT2D eigenvalue weighted by atomic mass is 10.2. The number of rotatable bonds is 7. The minimum atomic E-state index is 0.0736. The molecule has 1 aliphatic heterocycles. The zero-order valence-electron chi connectivity index (χ0n) is 17.8. The molecule has 1 unspecified atom stereocenters. The van der Waals surface area contributed by atoms with Gasteiger partial charge in [0.25, 0.3) is 0 Å². The minimum Gasteiger partial charge on any atom is -0.493 e. The van der Waals surface area contributed by atoms with E-state index in [1.807, 2.05) is 50.2 Å². The van der Waals surface area contributed by atoms with Crippen molar-refractivity contribution in [3.05, 3.63) is 42.7 Å². The van der Waals surface area contributed by atoms with E-state index in [2.05, 4.69) is 14.9 Å². The summed E-state index contributed by atoms with van der Waals surface area (Å²) >= 11 is 0. The molecule has 2 aromatic carbocycles. The summed E-state index contributed by atoms with van der Waals surface area (Å²) in [6.07, 6.45) is 2.70. The smallest absolute Gasteiger partial charge is 0.162 e. The third-order valence-electron chi connectivity index (χ3n) is 5.04. The second kappa shape index (κ2) is 8.65. The van der Waals surface area contributed by atoms with Gasteiger partial charge in [-0.25, -0.2) is 9.97 Å². The molecule has 2 heterocycles. The fourth-order valence-corrected chi connectivity index (χ4v) is 3.72. The number of hydrogen-bond acceptors (Lipinski definition) is 7. The third-order valence-corrected chi connectivity index (χ3v) is 5.04. The Hall–Kier alpha value is -3.22. The van der Waals surface area contributed by atoms with Gasteiger partial charge in [0.2, 0.25) is 0 Å². The van der Waals surface area contributed by atoms with Crippen molar-refractivity contribution in [3.63, 3.8) is 0 Å². The zero-order chi connectivity index (χ0) is 21.1. The largest absolute Gasteiger partial charge is 0.493 e. The van der Waals surface area contributed by atoms with Crippen LogP contribution in [0.5, 0.6) is 23.0 Å². The maximum Gasteiger partial charge on any atom is 0.162 e. The summed E-state index contributed by atoms with van der Waals surface area (Å²) < 4.78 is 22.9. The number of hydrogen-bond donors (Lipinski definition) is 0. The molecule has 1 aliphatic rings. The minimum absolute atomic E-state index is 0.0736. The highest BCUT2D eigenvalue weighted by Gasteiger charge is 2.27. The molecule has 0 N–H and O–H groups in total. The van der Waals surface area contributed by atoms with Gasteiger partial charge >= 0.3 is 0 Å². The molecule has 0 radical (unpaired) electrons. The summed E-state index contributed by atoms with van der Waals surface area (Å²) in [4.78, 5) is 11.2. The Bertz CT molecular complexity index is 1020. The Morgan fingerprint density at radius 1 is 1.00 bits per heavy atom. The van der Waals surface area contributed by atoms with Gasteiger partial charge in [-0.1, -0.05) is 6.07 Å². The molecule has 7 nitrogen and oxygen atoms in total. The molecule has 3 aromatic rings. The van der Waals surface area contributed by atoms with Crippen molar-refractivity contribution in [2.75, 3.05) is 32.2 Å². The summed E-state index contributed by atoms with van der Waals surface area (Å²) in [6, 6.07) is 11.6. The number of aromatic nitrogens is 2. The summed E-state index contributed by atoms with van der Waals surface area (Å²) in [5.41, 5.74) is 0.820. The maximum absolute atomic E-state index is 6.23. The van der Waals surface area contributed by atoms with Crippen LogP contribution >= 0.6 is 0 Å². The Morgan fingerprint density at radius 3 is 2.53 bits per heavy atom. The van der Waals surface area contributed by atoms with Gasteiger partial charge in [0.1, 0.15) is 29.7 Å². The van der Waals surface area contributed by atoms with E-state index in [9.17, 15) is 0 Å². The molecule has 1 saturated heterocycles. The quantitative estimate of drug-likeness (QED) is 0.582. The van der Waals surface area contributed by atoms with Gasteiger partial charge in [0, 0.05) is 30.5 Å². The number of fused-ring (bicyclic) bond motifs is 1. The SMILES string of the molecule is COc1cc2ncnc(N3CCC(Oc4cccc(OC(C)C)c4)C3)c2cc1OC. The molecule has 0 spiro atoms. The molecule has 4 rings (SSSR count). The van der Waals surface area contributed by atoms with E-state index in [0.29, 0.717) is 11.5 Å². The molecule has 30 heavy (non-hydrogen) atoms. The van der Waals surface area contributed by atoms with Crippen molar-refractivity contribution >= 4 is 16.7 Å². The standard InChI is InChI=1S/C23H27N3O4/c1-15(2)29-16-6-5-7-17(10-16)30-18-8-9-26(13-18)23-19-11-21(27-3)22(28-4)12-20(19)24-14-25-23/h5-7,10-12,14-15,18H,8-9,13H2,1-4H3. The first-order valence-electron chi connectivity index (χ1n) is 10.1. The first kappa shape index (κ1) is 20.1. The summed E-state index contributed by atoms with van der Waals surface area (Å²) in [5, 5.41) is 0.933. The first-order chi connectivity index (χ1) is 14.6. The van der Waals surface area contributed by atoms with Crippen LogP contribution in [0.1, 0.15) is 20.3 Å². The molecule has 1 atom stereocenters. The van der Waals surface area contributed by atoms with Gasteiger partial charge in [0.15, 0.2) is 11.5 Å². The van der Waals surface area contributed by atoms with Crippen LogP contribution in [0, 0.1) is 0 Å². The Morgan fingerprint density at radius 2 is 1.77 bits per heavy atom. The van der Waals surface area contributed by atoms with E-state index in [0.717, 1.165) is 47.7 Å². The van der Waals surface area contributed by atoms with E-state index in [1.165, 1.54) is 0 Å². The summed E-state index contributed by atoms with van der Waals surface area (Å²) in [7, 11) is 3.25. The normalized spacial score (nSPS) is 16.2. The predicted molar refractivity (Wildman–Crippen MR) is 116 cm³/mol. The molecule has 0 aliphatic carbocycles. The second-order valence-electron chi connectivity index (χ2n) is 7.54. The molecule has 1 fully saturated rings. The van der Waals surface area contributed by atoms with Crippen LogP contribution in [-0.4, -0.2) is 49.5 Å². The molecule has 158 valence electrons. The fraction of sp³-hybridized carbons (Fsp3) is 0.391. The van der Waals surface area contributed by atoms with Gasteiger partial charge < -0.3 is 23.8 Å². The van der Waals surface area contributed by atoms with E-state index < -0.39 is 0 Å². The number of ether oxygens (including phenoxy) is 4. The molecular formula is C23H27N3O4. The second-order valence-corrected chi connectivity index (χ2v) is 7.54. The average molecular weight is 409 g/mol. The lowest BCUT2D eigenvalue weighted by Crippen LogP contribution is -2.25. The predicted octanol–water partition coefficient (Wildman–Crippen LogP) is 4.09. The lowest BCUT2D eigenvalue weighted by molar-refractivity contribution is 0.218. The number of benzene rings is 2. The van der Waals surface area contributed by atoms with Crippen LogP contribution in [-0.2, 0) is 0 Å². The van der Waals surface area contributed by atoms with E-state index in [-0.39, 0.29) is 12.2 Å². The Balaban J connectivity index is 1.53. The number of nitrogens with zero attached hydrogens (tertiary/aromatic N) is 3. The first-order valence-corrected chi connectivity index (χ1v) is 10.1. The third kappa shape index (κ3) is 4.20. The Kier molecular flexibility index (Phi) is 5.79. The van der Waals surface area contributed by atoms with Crippen LogP contribution < -0.4 is 23.8 Å². The Labute approximate surface area is 176 Å². The molecule has 1 aromatic heterocycles. The van der Waals surface area contributed by atoms with Crippen LogP contribution in [0.25, 0.3) is 10.9 Å². The highest BCUT2D eigenvalue weighted by Crippen LogP contribution is 2.36. The van der Waals surface area contributed by atoms with Gasteiger partial charge in [0.05, 0.1) is 32.4 Å². The maximum atomic E-state index is 6.23. The topological polar surface area (TPSA) is 65.9 Å². The van der Waals surface area contributed by atoms with Gasteiger partial charge in [-0.3, -0.25) is 0 Å². The molecule has 0 bridgehead atoms. The number of methoxy groups -OCH3 is 2. The van der Waals surface area contributed by atoms with Crippen molar-refractivity contribution in [2.45, 2.75) is 32.5 Å². The average Bonchev–Trinajstić information content (AvgIpc) is 3.20. The highest BCUT2D eigenvalue weighted by molar-refractivity contribution is 5.92. The van der Waals surface area contributed by atoms with Crippen LogP contribution in [0.15, 0.2) is 42.7 Å². The van der Waals surface area contributed by atoms with Crippen molar-refractivity contribution < 1.29 is 18.9 Å². The van der Waals surface area contributed by atoms with E-state index in [1.54, 1.807) is 20.5 Å². The fourth-order valence-electron chi connectivity index (χ4n) is 3.72. The molecule has 0 saturated carbocycles. The monoisotopic (exact) mass is 409 g/mol. The van der Waals surface area contributed by atoms with E-state index >= 15 is 0 Å². The van der Waals surface area contributed by atoms with Gasteiger partial charge in [-0.05, 0) is 32.0 Å².